The maximum Gasteiger partial charge on any atom is 0.269 e. The second-order valence-electron chi connectivity index (χ2n) is 7.14. The highest BCUT2D eigenvalue weighted by atomic mass is 32.2. The third kappa shape index (κ3) is 3.65. The fraction of sp³-hybridized carbons (Fsp3) is 0.333. The Labute approximate surface area is 169 Å². The van der Waals surface area contributed by atoms with Crippen LogP contribution in [0.15, 0.2) is 47.4 Å². The van der Waals surface area contributed by atoms with Crippen LogP contribution in [0.4, 0.5) is 0 Å². The number of hydrogen-bond acceptors (Lipinski definition) is 5. The van der Waals surface area contributed by atoms with E-state index in [2.05, 4.69) is 5.32 Å². The summed E-state index contributed by atoms with van der Waals surface area (Å²) in [7, 11) is -3.89. The fourth-order valence-electron chi connectivity index (χ4n) is 3.42. The summed E-state index contributed by atoms with van der Waals surface area (Å²) in [6, 6.07) is 11.6. The maximum absolute atomic E-state index is 12.7. The Morgan fingerprint density at radius 2 is 1.90 bits per heavy atom. The van der Waals surface area contributed by atoms with Crippen LogP contribution in [0.25, 0.3) is 0 Å². The summed E-state index contributed by atoms with van der Waals surface area (Å²) in [5.74, 6) is -0.897. The van der Waals surface area contributed by atoms with E-state index in [4.69, 9.17) is 4.74 Å². The van der Waals surface area contributed by atoms with Crippen molar-refractivity contribution in [3.8, 4) is 0 Å². The monoisotopic (exact) mass is 414 g/mol. The molecule has 0 atom stereocenters. The molecule has 1 saturated carbocycles. The van der Waals surface area contributed by atoms with Gasteiger partial charge in [0.05, 0.1) is 12.2 Å². The van der Waals surface area contributed by atoms with Gasteiger partial charge >= 0.3 is 0 Å². The van der Waals surface area contributed by atoms with Gasteiger partial charge in [0.15, 0.2) is 0 Å². The molecular weight excluding hydrogens is 392 g/mol. The molecule has 1 aliphatic carbocycles. The van der Waals surface area contributed by atoms with Crippen molar-refractivity contribution in [1.82, 2.24) is 9.62 Å². The van der Waals surface area contributed by atoms with Crippen LogP contribution in [0.1, 0.15) is 51.6 Å². The van der Waals surface area contributed by atoms with Crippen LogP contribution in [-0.2, 0) is 27.9 Å². The predicted molar refractivity (Wildman–Crippen MR) is 106 cm³/mol. The van der Waals surface area contributed by atoms with Crippen molar-refractivity contribution in [3.05, 3.63) is 64.7 Å². The summed E-state index contributed by atoms with van der Waals surface area (Å²) in [6.45, 7) is 3.26. The van der Waals surface area contributed by atoms with E-state index in [-0.39, 0.29) is 22.1 Å². The number of sulfonamides is 1. The Balaban J connectivity index is 1.52. The van der Waals surface area contributed by atoms with Crippen molar-refractivity contribution in [3.63, 3.8) is 0 Å². The van der Waals surface area contributed by atoms with Gasteiger partial charge in [-0.05, 0) is 49.1 Å². The van der Waals surface area contributed by atoms with Gasteiger partial charge in [-0.3, -0.25) is 9.59 Å². The van der Waals surface area contributed by atoms with Crippen LogP contribution in [0.5, 0.6) is 0 Å². The lowest BCUT2D eigenvalue weighted by Gasteiger charge is -2.13. The molecule has 2 aromatic carbocycles. The molecule has 4 rings (SSSR count). The van der Waals surface area contributed by atoms with Gasteiger partial charge in [0.2, 0.25) is 0 Å². The van der Waals surface area contributed by atoms with E-state index in [1.54, 1.807) is 0 Å². The lowest BCUT2D eigenvalue weighted by molar-refractivity contribution is 0.0863. The van der Waals surface area contributed by atoms with Gasteiger partial charge in [-0.2, -0.15) is 0 Å². The molecule has 1 N–H and O–H groups in total. The van der Waals surface area contributed by atoms with Gasteiger partial charge in [-0.1, -0.05) is 24.3 Å². The number of hydrogen-bond donors (Lipinski definition) is 1. The summed E-state index contributed by atoms with van der Waals surface area (Å²) in [6.07, 6.45) is 1.38. The van der Waals surface area contributed by atoms with Gasteiger partial charge in [0.1, 0.15) is 4.90 Å². The number of nitrogens with one attached hydrogen (secondary N) is 1. The molecule has 0 radical (unpaired) electrons. The number of amides is 2. The number of fused-ring (bicyclic) bond motifs is 1. The second-order valence-corrected chi connectivity index (χ2v) is 8.92. The highest BCUT2D eigenvalue weighted by Crippen LogP contribution is 2.39. The lowest BCUT2D eigenvalue weighted by atomic mass is 10.1. The van der Waals surface area contributed by atoms with E-state index in [0.29, 0.717) is 32.6 Å². The maximum atomic E-state index is 12.7. The third-order valence-electron chi connectivity index (χ3n) is 5.11. The van der Waals surface area contributed by atoms with Crippen molar-refractivity contribution in [2.75, 3.05) is 6.61 Å². The molecule has 1 aliphatic heterocycles. The van der Waals surface area contributed by atoms with Crippen molar-refractivity contribution < 1.29 is 22.7 Å². The lowest BCUT2D eigenvalue weighted by Crippen LogP contribution is -2.32. The molecule has 29 heavy (non-hydrogen) atoms. The van der Waals surface area contributed by atoms with E-state index >= 15 is 0 Å². The molecule has 0 unspecified atom stereocenters. The van der Waals surface area contributed by atoms with E-state index in [1.165, 1.54) is 18.2 Å². The first kappa shape index (κ1) is 19.6. The molecule has 0 spiro atoms. The minimum absolute atomic E-state index is 0.0844. The molecule has 7 nitrogen and oxygen atoms in total. The highest BCUT2D eigenvalue weighted by molar-refractivity contribution is 7.90. The second kappa shape index (κ2) is 7.61. The summed E-state index contributed by atoms with van der Waals surface area (Å²) in [4.78, 5) is 25.0. The summed E-state index contributed by atoms with van der Waals surface area (Å²) in [5, 5.41) is 2.82. The summed E-state index contributed by atoms with van der Waals surface area (Å²) in [5.41, 5.74) is 2.26. The first-order chi connectivity index (χ1) is 13.9. The standard InChI is InChI=1S/C21H22N2O5S/c1-2-28-13-16-6-4-3-5-15(16)12-22-20(24)14-7-10-18-19(11-14)29(26,27)23(21(18)25)17-8-9-17/h3-7,10-11,17H,2,8-9,12-13H2,1H3,(H,22,24). The van der Waals surface area contributed by atoms with Crippen molar-refractivity contribution in [2.45, 2.75) is 43.9 Å². The van der Waals surface area contributed by atoms with Crippen LogP contribution in [0.2, 0.25) is 0 Å². The van der Waals surface area contributed by atoms with Crippen molar-refractivity contribution >= 4 is 21.8 Å². The minimum atomic E-state index is -3.89. The summed E-state index contributed by atoms with van der Waals surface area (Å²) >= 11 is 0. The Morgan fingerprint density at radius 3 is 2.59 bits per heavy atom. The highest BCUT2D eigenvalue weighted by Gasteiger charge is 2.48. The molecule has 1 heterocycles. The van der Waals surface area contributed by atoms with Crippen LogP contribution >= 0.6 is 0 Å². The summed E-state index contributed by atoms with van der Waals surface area (Å²) < 4.78 is 31.9. The quantitative estimate of drug-likeness (QED) is 0.751. The molecule has 8 heteroatoms. The molecule has 2 aromatic rings. The smallest absolute Gasteiger partial charge is 0.269 e. The SMILES string of the molecule is CCOCc1ccccc1CNC(=O)c1ccc2c(c1)S(=O)(=O)N(C1CC1)C2=O. The third-order valence-corrected chi connectivity index (χ3v) is 6.98. The van der Waals surface area contributed by atoms with Gasteiger partial charge in [0, 0.05) is 24.8 Å². The molecule has 152 valence electrons. The topological polar surface area (TPSA) is 92.8 Å². The zero-order valence-corrected chi connectivity index (χ0v) is 16.9. The zero-order valence-electron chi connectivity index (χ0n) is 16.1. The fourth-order valence-corrected chi connectivity index (χ4v) is 5.26. The number of carbonyl (C=O) groups excluding carboxylic acids is 2. The van der Waals surface area contributed by atoms with Gasteiger partial charge in [0.25, 0.3) is 21.8 Å². The number of rotatable bonds is 7. The van der Waals surface area contributed by atoms with Crippen LogP contribution in [-0.4, -0.2) is 37.2 Å². The molecule has 2 aliphatic rings. The molecular formula is C21H22N2O5S. The van der Waals surface area contributed by atoms with Gasteiger partial charge in [-0.25, -0.2) is 12.7 Å². The number of benzene rings is 2. The van der Waals surface area contributed by atoms with E-state index in [9.17, 15) is 18.0 Å². The average molecular weight is 414 g/mol. The first-order valence-electron chi connectivity index (χ1n) is 9.59. The number of carbonyl (C=O) groups is 2. The van der Waals surface area contributed by atoms with Gasteiger partial charge < -0.3 is 10.1 Å². The molecule has 0 bridgehead atoms. The Morgan fingerprint density at radius 1 is 1.17 bits per heavy atom. The van der Waals surface area contributed by atoms with Crippen LogP contribution in [0.3, 0.4) is 0 Å². The molecule has 1 fully saturated rings. The van der Waals surface area contributed by atoms with Crippen molar-refractivity contribution in [1.29, 1.82) is 0 Å². The van der Waals surface area contributed by atoms with Crippen LogP contribution < -0.4 is 5.32 Å². The Kier molecular flexibility index (Phi) is 5.14. The molecule has 0 saturated heterocycles. The molecule has 0 aromatic heterocycles. The van der Waals surface area contributed by atoms with E-state index < -0.39 is 21.8 Å². The van der Waals surface area contributed by atoms with Crippen LogP contribution in [0, 0.1) is 0 Å². The molecule has 2 amide bonds. The minimum Gasteiger partial charge on any atom is -0.377 e. The number of nitrogens with zero attached hydrogens (tertiary/aromatic N) is 1. The first-order valence-corrected chi connectivity index (χ1v) is 11.0. The predicted octanol–water partition coefficient (Wildman–Crippen LogP) is 2.46. The normalized spacial score (nSPS) is 17.3. The Hall–Kier alpha value is -2.71. The van der Waals surface area contributed by atoms with Crippen molar-refractivity contribution in [2.24, 2.45) is 0 Å². The van der Waals surface area contributed by atoms with Gasteiger partial charge in [-0.15, -0.1) is 0 Å². The zero-order chi connectivity index (χ0) is 20.6. The average Bonchev–Trinajstić information content (AvgIpc) is 3.52. The van der Waals surface area contributed by atoms with E-state index in [1.807, 2.05) is 31.2 Å². The largest absolute Gasteiger partial charge is 0.377 e. The Bertz CT molecular complexity index is 1080. The number of ether oxygens (including phenoxy) is 1. The van der Waals surface area contributed by atoms with E-state index in [0.717, 1.165) is 15.4 Å².